The Kier molecular flexibility index (Phi) is 8.06. The summed E-state index contributed by atoms with van der Waals surface area (Å²) in [7, 11) is 0. The van der Waals surface area contributed by atoms with E-state index < -0.39 is 12.0 Å². The van der Waals surface area contributed by atoms with E-state index in [9.17, 15) is 9.59 Å². The van der Waals surface area contributed by atoms with Gasteiger partial charge in [-0.3, -0.25) is 4.79 Å². The number of benzene rings is 1. The number of esters is 1. The van der Waals surface area contributed by atoms with Crippen LogP contribution in [-0.2, 0) is 14.3 Å². The fraction of sp³-hybridized carbons (Fsp3) is 0.529. The minimum Gasteiger partial charge on any atom is -0.464 e. The third-order valence-corrected chi connectivity index (χ3v) is 3.94. The van der Waals surface area contributed by atoms with E-state index in [1.165, 1.54) is 0 Å². The van der Waals surface area contributed by atoms with E-state index in [0.717, 1.165) is 24.9 Å². The summed E-state index contributed by atoms with van der Waals surface area (Å²) in [6.07, 6.45) is 1.58. The second kappa shape index (κ2) is 9.53. The minimum absolute atomic E-state index is 0. The molecule has 1 aliphatic heterocycles. The van der Waals surface area contributed by atoms with Gasteiger partial charge in [0.1, 0.15) is 0 Å². The van der Waals surface area contributed by atoms with Gasteiger partial charge in [-0.05, 0) is 38.8 Å². The number of nitrogens with one attached hydrogen (secondary N) is 2. The molecule has 1 fully saturated rings. The molecule has 2 N–H and O–H groups in total. The van der Waals surface area contributed by atoms with E-state index in [-0.39, 0.29) is 24.2 Å². The largest absolute Gasteiger partial charge is 0.464 e. The summed E-state index contributed by atoms with van der Waals surface area (Å²) in [5, 5.41) is 6.19. The van der Waals surface area contributed by atoms with Crippen LogP contribution in [0.2, 0.25) is 0 Å². The predicted octanol–water partition coefficient (Wildman–Crippen LogP) is 2.22. The van der Waals surface area contributed by atoms with Gasteiger partial charge in [-0.2, -0.15) is 0 Å². The Morgan fingerprint density at radius 2 is 2.04 bits per heavy atom. The molecule has 1 amide bonds. The Labute approximate surface area is 143 Å². The van der Waals surface area contributed by atoms with Gasteiger partial charge in [0.25, 0.3) is 0 Å². The van der Waals surface area contributed by atoms with Crippen molar-refractivity contribution in [1.29, 1.82) is 0 Å². The number of ether oxygens (including phenoxy) is 1. The molecule has 1 aromatic carbocycles. The lowest BCUT2D eigenvalue weighted by molar-refractivity contribution is -0.148. The van der Waals surface area contributed by atoms with Crippen molar-refractivity contribution >= 4 is 24.3 Å². The van der Waals surface area contributed by atoms with Crippen LogP contribution in [0.1, 0.15) is 38.3 Å². The highest BCUT2D eigenvalue weighted by Gasteiger charge is 2.30. The first-order valence-corrected chi connectivity index (χ1v) is 7.87. The molecule has 0 spiro atoms. The van der Waals surface area contributed by atoms with Crippen molar-refractivity contribution in [2.45, 2.75) is 38.8 Å². The summed E-state index contributed by atoms with van der Waals surface area (Å²) in [5.41, 5.74) is 0.747. The summed E-state index contributed by atoms with van der Waals surface area (Å²) in [5.74, 6) is -0.545. The first kappa shape index (κ1) is 19.5. The molecule has 2 rings (SSSR count). The fourth-order valence-electron chi connectivity index (χ4n) is 2.78. The highest BCUT2D eigenvalue weighted by Crippen LogP contribution is 2.20. The summed E-state index contributed by atoms with van der Waals surface area (Å²) >= 11 is 0. The molecule has 0 saturated carbocycles. The first-order chi connectivity index (χ1) is 10.6. The number of carbonyl (C=O) groups is 2. The lowest BCUT2D eigenvalue weighted by Gasteiger charge is -2.28. The highest BCUT2D eigenvalue weighted by atomic mass is 35.5. The van der Waals surface area contributed by atoms with Crippen LogP contribution in [0.4, 0.5) is 0 Å². The quantitative estimate of drug-likeness (QED) is 0.806. The molecule has 6 heteroatoms. The summed E-state index contributed by atoms with van der Waals surface area (Å²) in [6, 6.07) is 8.81. The van der Waals surface area contributed by atoms with Crippen LogP contribution in [0.3, 0.4) is 0 Å². The second-order valence-electron chi connectivity index (χ2n) is 5.68. The number of rotatable bonds is 5. The average Bonchev–Trinajstić information content (AvgIpc) is 2.53. The van der Waals surface area contributed by atoms with Crippen LogP contribution >= 0.6 is 12.4 Å². The molecule has 1 aliphatic rings. The molecule has 128 valence electrons. The highest BCUT2D eigenvalue weighted by molar-refractivity contribution is 5.86. The molecule has 1 aromatic rings. The Bertz CT molecular complexity index is 510. The Morgan fingerprint density at radius 3 is 2.65 bits per heavy atom. The van der Waals surface area contributed by atoms with Crippen molar-refractivity contribution < 1.29 is 14.3 Å². The monoisotopic (exact) mass is 340 g/mol. The van der Waals surface area contributed by atoms with Crippen molar-refractivity contribution in [3.8, 4) is 0 Å². The number of carbonyl (C=O) groups excluding carboxylic acids is 2. The topological polar surface area (TPSA) is 67.4 Å². The molecule has 0 aromatic heterocycles. The van der Waals surface area contributed by atoms with Crippen molar-refractivity contribution in [1.82, 2.24) is 10.6 Å². The Balaban J connectivity index is 0.00000264. The fourth-order valence-corrected chi connectivity index (χ4v) is 2.78. The van der Waals surface area contributed by atoms with Crippen LogP contribution in [-0.4, -0.2) is 31.1 Å². The van der Waals surface area contributed by atoms with Crippen molar-refractivity contribution in [2.75, 3.05) is 13.2 Å². The predicted molar refractivity (Wildman–Crippen MR) is 91.4 cm³/mol. The molecule has 0 unspecified atom stereocenters. The van der Waals surface area contributed by atoms with E-state index in [2.05, 4.69) is 17.6 Å². The maximum absolute atomic E-state index is 12.5. The second-order valence-corrected chi connectivity index (χ2v) is 5.68. The molecule has 5 nitrogen and oxygen atoms in total. The Hall–Kier alpha value is -1.59. The third-order valence-electron chi connectivity index (χ3n) is 3.94. The zero-order valence-corrected chi connectivity index (χ0v) is 14.4. The van der Waals surface area contributed by atoms with E-state index in [4.69, 9.17) is 4.74 Å². The number of hydrogen-bond donors (Lipinski definition) is 2. The normalized spacial score (nSPS) is 21.7. The lowest BCUT2D eigenvalue weighted by atomic mass is 9.92. The molecule has 0 radical (unpaired) electrons. The number of amides is 1. The van der Waals surface area contributed by atoms with Gasteiger partial charge in [-0.25, -0.2) is 4.79 Å². The molecular weight excluding hydrogens is 316 g/mol. The smallest absolute Gasteiger partial charge is 0.333 e. The zero-order valence-electron chi connectivity index (χ0n) is 13.6. The minimum atomic E-state index is -0.737. The summed E-state index contributed by atoms with van der Waals surface area (Å²) in [4.78, 5) is 24.7. The van der Waals surface area contributed by atoms with Gasteiger partial charge in [-0.1, -0.05) is 30.3 Å². The summed E-state index contributed by atoms with van der Waals surface area (Å²) in [6.45, 7) is 4.95. The third kappa shape index (κ3) is 5.52. The molecule has 0 aliphatic carbocycles. The van der Waals surface area contributed by atoms with E-state index >= 15 is 0 Å². The summed E-state index contributed by atoms with van der Waals surface area (Å²) < 4.78 is 5.10. The maximum Gasteiger partial charge on any atom is 0.333 e. The van der Waals surface area contributed by atoms with Crippen molar-refractivity contribution in [2.24, 2.45) is 5.92 Å². The molecule has 1 saturated heterocycles. The van der Waals surface area contributed by atoms with Crippen molar-refractivity contribution in [3.63, 3.8) is 0 Å². The van der Waals surface area contributed by atoms with Gasteiger partial charge >= 0.3 is 5.97 Å². The van der Waals surface area contributed by atoms with Crippen molar-refractivity contribution in [3.05, 3.63) is 35.9 Å². The SMILES string of the molecule is CCOC(=O)[C@H](NC(=O)[C@H]1CCN[C@@H](C)C1)c1ccccc1.Cl. The standard InChI is InChI=1S/C17H24N2O3.ClH/c1-3-22-17(21)15(13-7-5-4-6-8-13)19-16(20)14-9-10-18-12(2)11-14;/h4-8,12,14-15,18H,3,9-11H2,1-2H3,(H,19,20);1H/t12-,14-,15+;/m0./s1. The van der Waals surface area contributed by atoms with Gasteiger partial charge in [-0.15, -0.1) is 12.4 Å². The van der Waals surface area contributed by atoms with Gasteiger partial charge in [0.05, 0.1) is 6.61 Å². The average molecular weight is 341 g/mol. The van der Waals surface area contributed by atoms with Crippen LogP contribution in [0.25, 0.3) is 0 Å². The maximum atomic E-state index is 12.5. The van der Waals surface area contributed by atoms with Gasteiger partial charge < -0.3 is 15.4 Å². The first-order valence-electron chi connectivity index (χ1n) is 7.87. The van der Waals surface area contributed by atoms with Gasteiger partial charge in [0, 0.05) is 12.0 Å². The molecule has 1 heterocycles. The number of halogens is 1. The number of piperidine rings is 1. The molecular formula is C17H25ClN2O3. The van der Waals surface area contributed by atoms with Crippen LogP contribution < -0.4 is 10.6 Å². The van der Waals surface area contributed by atoms with E-state index in [1.54, 1.807) is 6.92 Å². The van der Waals surface area contributed by atoms with E-state index in [0.29, 0.717) is 12.6 Å². The Morgan fingerprint density at radius 1 is 1.35 bits per heavy atom. The van der Waals surface area contributed by atoms with E-state index in [1.807, 2.05) is 30.3 Å². The lowest BCUT2D eigenvalue weighted by Crippen LogP contribution is -2.44. The molecule has 0 bridgehead atoms. The van der Waals surface area contributed by atoms with Crippen LogP contribution in [0.15, 0.2) is 30.3 Å². The van der Waals surface area contributed by atoms with Gasteiger partial charge in [0.15, 0.2) is 6.04 Å². The van der Waals surface area contributed by atoms with Crippen LogP contribution in [0.5, 0.6) is 0 Å². The van der Waals surface area contributed by atoms with Crippen LogP contribution in [0, 0.1) is 5.92 Å². The zero-order chi connectivity index (χ0) is 15.9. The molecule has 3 atom stereocenters. The number of hydrogen-bond acceptors (Lipinski definition) is 4. The molecule has 23 heavy (non-hydrogen) atoms. The van der Waals surface area contributed by atoms with Gasteiger partial charge in [0.2, 0.25) is 5.91 Å².